The Balaban J connectivity index is 1.60. The van der Waals surface area contributed by atoms with Crippen molar-refractivity contribution in [1.29, 1.82) is 0 Å². The lowest BCUT2D eigenvalue weighted by molar-refractivity contribution is 0.0953. The van der Waals surface area contributed by atoms with Crippen LogP contribution in [0.25, 0.3) is 0 Å². The second-order valence-corrected chi connectivity index (χ2v) is 5.25. The molecule has 0 fully saturated rings. The number of benzene rings is 1. The van der Waals surface area contributed by atoms with Crippen molar-refractivity contribution in [2.75, 3.05) is 13.1 Å². The van der Waals surface area contributed by atoms with Gasteiger partial charge in [-0.2, -0.15) is 0 Å². The average Bonchev–Trinajstić information content (AvgIpc) is 2.95. The van der Waals surface area contributed by atoms with Crippen LogP contribution in [0.5, 0.6) is 0 Å². The van der Waals surface area contributed by atoms with Gasteiger partial charge in [0.05, 0.1) is 6.54 Å². The average molecular weight is 337 g/mol. The summed E-state index contributed by atoms with van der Waals surface area (Å²) in [5.41, 5.74) is 0.669. The minimum atomic E-state index is -0.0441. The fourth-order valence-electron chi connectivity index (χ4n) is 1.75. The molecule has 0 unspecified atom stereocenters. The third kappa shape index (κ3) is 4.79. The number of imidazole rings is 1. The number of hydrogen-bond acceptors (Lipinski definition) is 3. The molecule has 0 radical (unpaired) electrons. The van der Waals surface area contributed by atoms with Gasteiger partial charge in [-0.1, -0.05) is 22.0 Å². The van der Waals surface area contributed by atoms with Crippen LogP contribution in [0.4, 0.5) is 0 Å². The lowest BCUT2D eigenvalue weighted by atomic mass is 10.2. The monoisotopic (exact) mass is 336 g/mol. The highest BCUT2D eigenvalue weighted by Gasteiger charge is 2.04. The molecule has 0 bridgehead atoms. The molecule has 106 valence electrons. The van der Waals surface area contributed by atoms with Gasteiger partial charge in [-0.05, 0) is 31.2 Å². The molecule has 0 aliphatic carbocycles. The molecule has 2 aromatic rings. The predicted octanol–water partition coefficient (Wildman–Crippen LogP) is 2.08. The smallest absolute Gasteiger partial charge is 0.251 e. The Bertz CT molecular complexity index is 542. The number of H-pyrrole nitrogens is 1. The van der Waals surface area contributed by atoms with E-state index < -0.39 is 0 Å². The van der Waals surface area contributed by atoms with E-state index >= 15 is 0 Å². The van der Waals surface area contributed by atoms with E-state index in [0.29, 0.717) is 18.7 Å². The lowest BCUT2D eigenvalue weighted by Gasteiger charge is -2.06. The van der Waals surface area contributed by atoms with Crippen LogP contribution in [0.3, 0.4) is 0 Å². The van der Waals surface area contributed by atoms with Crippen molar-refractivity contribution >= 4 is 21.8 Å². The van der Waals surface area contributed by atoms with E-state index in [-0.39, 0.29) is 5.91 Å². The summed E-state index contributed by atoms with van der Waals surface area (Å²) < 4.78 is 0.908. The number of carbonyl (C=O) groups is 1. The maximum absolute atomic E-state index is 11.8. The largest absolute Gasteiger partial charge is 0.352 e. The number of nitrogens with zero attached hydrogens (tertiary/aromatic N) is 1. The summed E-state index contributed by atoms with van der Waals surface area (Å²) in [6, 6.07) is 7.36. The van der Waals surface area contributed by atoms with Gasteiger partial charge in [-0.25, -0.2) is 4.98 Å². The minimum Gasteiger partial charge on any atom is -0.352 e. The Morgan fingerprint density at radius 1 is 1.35 bits per heavy atom. The molecule has 1 aromatic heterocycles. The van der Waals surface area contributed by atoms with E-state index in [0.717, 1.165) is 23.3 Å². The molecule has 0 atom stereocenters. The van der Waals surface area contributed by atoms with Crippen molar-refractivity contribution < 1.29 is 4.79 Å². The first kappa shape index (κ1) is 14.7. The number of rotatable bonds is 7. The molecule has 0 spiro atoms. The fourth-order valence-corrected chi connectivity index (χ4v) is 2.15. The van der Waals surface area contributed by atoms with Crippen molar-refractivity contribution in [1.82, 2.24) is 20.6 Å². The maximum Gasteiger partial charge on any atom is 0.251 e. The van der Waals surface area contributed by atoms with E-state index in [1.54, 1.807) is 18.5 Å². The van der Waals surface area contributed by atoms with Crippen LogP contribution in [-0.2, 0) is 6.54 Å². The zero-order valence-electron chi connectivity index (χ0n) is 11.0. The maximum atomic E-state index is 11.8. The second kappa shape index (κ2) is 7.81. The molecule has 3 N–H and O–H groups in total. The van der Waals surface area contributed by atoms with Gasteiger partial charge in [0.25, 0.3) is 5.91 Å². The van der Waals surface area contributed by atoms with Gasteiger partial charge >= 0.3 is 0 Å². The van der Waals surface area contributed by atoms with Gasteiger partial charge in [0.1, 0.15) is 5.82 Å². The molecule has 1 aromatic carbocycles. The molecule has 1 amide bonds. The summed E-state index contributed by atoms with van der Waals surface area (Å²) in [4.78, 5) is 19.0. The highest BCUT2D eigenvalue weighted by Crippen LogP contribution is 2.11. The molecule has 20 heavy (non-hydrogen) atoms. The standard InChI is InChI=1S/C14H17BrN4O/c15-12-4-1-3-11(9-12)14(20)19-6-2-5-16-10-13-17-7-8-18-13/h1,3-4,7-9,16H,2,5-6,10H2,(H,17,18)(H,19,20). The number of aromatic nitrogens is 2. The Morgan fingerprint density at radius 2 is 2.25 bits per heavy atom. The summed E-state index contributed by atoms with van der Waals surface area (Å²) in [6.07, 6.45) is 4.41. The van der Waals surface area contributed by atoms with E-state index in [4.69, 9.17) is 0 Å². The number of nitrogens with one attached hydrogen (secondary N) is 3. The van der Waals surface area contributed by atoms with E-state index in [2.05, 4.69) is 36.5 Å². The van der Waals surface area contributed by atoms with Crippen molar-refractivity contribution in [2.45, 2.75) is 13.0 Å². The van der Waals surface area contributed by atoms with Gasteiger partial charge in [0.2, 0.25) is 0 Å². The van der Waals surface area contributed by atoms with Crippen LogP contribution in [0.1, 0.15) is 22.6 Å². The van der Waals surface area contributed by atoms with E-state index in [9.17, 15) is 4.79 Å². The van der Waals surface area contributed by atoms with Crippen LogP contribution in [0, 0.1) is 0 Å². The molecule has 1 heterocycles. The number of hydrogen-bond donors (Lipinski definition) is 3. The van der Waals surface area contributed by atoms with Crippen molar-refractivity contribution in [2.24, 2.45) is 0 Å². The van der Waals surface area contributed by atoms with Crippen LogP contribution in [-0.4, -0.2) is 29.0 Å². The summed E-state index contributed by atoms with van der Waals surface area (Å²) in [6.45, 7) is 2.20. The molecule has 0 aliphatic heterocycles. The summed E-state index contributed by atoms with van der Waals surface area (Å²) in [7, 11) is 0. The minimum absolute atomic E-state index is 0.0441. The van der Waals surface area contributed by atoms with Crippen molar-refractivity contribution in [3.8, 4) is 0 Å². The molecule has 5 nitrogen and oxygen atoms in total. The van der Waals surface area contributed by atoms with Crippen molar-refractivity contribution in [3.05, 3.63) is 52.5 Å². The summed E-state index contributed by atoms with van der Waals surface area (Å²) in [5, 5.41) is 6.15. The number of aromatic amines is 1. The van der Waals surface area contributed by atoms with Gasteiger partial charge in [0.15, 0.2) is 0 Å². The Kier molecular flexibility index (Phi) is 5.76. The summed E-state index contributed by atoms with van der Waals surface area (Å²) >= 11 is 3.35. The Morgan fingerprint density at radius 3 is 3.00 bits per heavy atom. The van der Waals surface area contributed by atoms with Gasteiger partial charge in [-0.3, -0.25) is 4.79 Å². The second-order valence-electron chi connectivity index (χ2n) is 4.33. The SMILES string of the molecule is O=C(NCCCNCc1ncc[nH]1)c1cccc(Br)c1. The molecular weight excluding hydrogens is 320 g/mol. The number of amides is 1. The molecular formula is C14H17BrN4O. The molecule has 0 aliphatic rings. The molecule has 0 saturated carbocycles. The van der Waals surface area contributed by atoms with Gasteiger partial charge in [-0.15, -0.1) is 0 Å². The Hall–Kier alpha value is -1.66. The molecule has 0 saturated heterocycles. The number of halogens is 1. The van der Waals surface area contributed by atoms with Crippen LogP contribution in [0.15, 0.2) is 41.1 Å². The third-order valence-electron chi connectivity index (χ3n) is 2.75. The van der Waals surface area contributed by atoms with Crippen molar-refractivity contribution in [3.63, 3.8) is 0 Å². The predicted molar refractivity (Wildman–Crippen MR) is 81.4 cm³/mol. The zero-order valence-corrected chi connectivity index (χ0v) is 12.6. The van der Waals surface area contributed by atoms with Gasteiger partial charge < -0.3 is 15.6 Å². The number of carbonyl (C=O) groups excluding carboxylic acids is 1. The van der Waals surface area contributed by atoms with Gasteiger partial charge in [0, 0.05) is 29.0 Å². The van der Waals surface area contributed by atoms with Crippen LogP contribution >= 0.6 is 15.9 Å². The highest BCUT2D eigenvalue weighted by molar-refractivity contribution is 9.10. The van der Waals surface area contributed by atoms with E-state index in [1.165, 1.54) is 0 Å². The van der Waals surface area contributed by atoms with Crippen LogP contribution in [0.2, 0.25) is 0 Å². The third-order valence-corrected chi connectivity index (χ3v) is 3.24. The van der Waals surface area contributed by atoms with Crippen LogP contribution < -0.4 is 10.6 Å². The molecule has 2 rings (SSSR count). The zero-order chi connectivity index (χ0) is 14.2. The topological polar surface area (TPSA) is 69.8 Å². The van der Waals surface area contributed by atoms with E-state index in [1.807, 2.05) is 18.2 Å². The highest BCUT2D eigenvalue weighted by atomic mass is 79.9. The quantitative estimate of drug-likeness (QED) is 0.678. The molecule has 6 heteroatoms. The lowest BCUT2D eigenvalue weighted by Crippen LogP contribution is -2.27. The first-order valence-electron chi connectivity index (χ1n) is 6.48. The fraction of sp³-hybridized carbons (Fsp3) is 0.286. The first-order chi connectivity index (χ1) is 9.75. The summed E-state index contributed by atoms with van der Waals surface area (Å²) in [5.74, 6) is 0.875. The normalized spacial score (nSPS) is 10.4. The Labute approximate surface area is 126 Å². The first-order valence-corrected chi connectivity index (χ1v) is 7.28.